The van der Waals surface area contributed by atoms with Gasteiger partial charge in [-0.25, -0.2) is 0 Å². The van der Waals surface area contributed by atoms with Crippen LogP contribution in [-0.4, -0.2) is 36.1 Å². The lowest BCUT2D eigenvalue weighted by Crippen LogP contribution is -2.18. The van der Waals surface area contributed by atoms with Crippen LogP contribution in [0.2, 0.25) is 0 Å². The number of para-hydroxylation sites is 1. The van der Waals surface area contributed by atoms with Crippen LogP contribution < -0.4 is 5.73 Å². The average molecular weight is 245 g/mol. The predicted octanol–water partition coefficient (Wildman–Crippen LogP) is 2.09. The molecule has 1 aromatic heterocycles. The monoisotopic (exact) mass is 245 g/mol. The number of hydrogen-bond acceptors (Lipinski definition) is 2. The van der Waals surface area contributed by atoms with Crippen LogP contribution >= 0.6 is 0 Å². The fourth-order valence-corrected chi connectivity index (χ4v) is 2.33. The Balaban J connectivity index is 2.34. The van der Waals surface area contributed by atoms with E-state index < -0.39 is 0 Å². The largest absolute Gasteiger partial charge is 0.346 e. The molecule has 0 spiro atoms. The van der Waals surface area contributed by atoms with E-state index in [0.717, 1.165) is 19.5 Å². The molecule has 1 heterocycles. The van der Waals surface area contributed by atoms with Crippen LogP contribution in [0.1, 0.15) is 12.5 Å². The second-order valence-corrected chi connectivity index (χ2v) is 5.35. The van der Waals surface area contributed by atoms with Gasteiger partial charge in [-0.05, 0) is 39.1 Å². The molecule has 0 aliphatic carbocycles. The zero-order valence-electron chi connectivity index (χ0n) is 11.6. The van der Waals surface area contributed by atoms with E-state index in [2.05, 4.69) is 60.9 Å². The summed E-state index contributed by atoms with van der Waals surface area (Å²) in [5, 5.41) is 1.34. The van der Waals surface area contributed by atoms with E-state index in [1.54, 1.807) is 0 Å². The van der Waals surface area contributed by atoms with Crippen LogP contribution in [0.5, 0.6) is 0 Å². The van der Waals surface area contributed by atoms with Gasteiger partial charge in [-0.3, -0.25) is 0 Å². The lowest BCUT2D eigenvalue weighted by atomic mass is 10.1. The summed E-state index contributed by atoms with van der Waals surface area (Å²) >= 11 is 0. The van der Waals surface area contributed by atoms with Crippen molar-refractivity contribution in [3.8, 4) is 0 Å². The molecule has 0 radical (unpaired) electrons. The van der Waals surface area contributed by atoms with Gasteiger partial charge in [-0.15, -0.1) is 0 Å². The van der Waals surface area contributed by atoms with Crippen LogP contribution in [0.4, 0.5) is 0 Å². The Bertz CT molecular complexity index is 511. The fraction of sp³-hybridized carbons (Fsp3) is 0.467. The Morgan fingerprint density at radius 3 is 2.67 bits per heavy atom. The number of fused-ring (bicyclic) bond motifs is 1. The Morgan fingerprint density at radius 1 is 1.28 bits per heavy atom. The van der Waals surface area contributed by atoms with Gasteiger partial charge in [0.05, 0.1) is 0 Å². The third-order valence-corrected chi connectivity index (χ3v) is 3.20. The first kappa shape index (κ1) is 13.1. The van der Waals surface area contributed by atoms with E-state index in [4.69, 9.17) is 5.73 Å². The van der Waals surface area contributed by atoms with Crippen LogP contribution in [0, 0.1) is 0 Å². The van der Waals surface area contributed by atoms with Gasteiger partial charge in [0.25, 0.3) is 0 Å². The summed E-state index contributed by atoms with van der Waals surface area (Å²) in [5.41, 5.74) is 8.60. The van der Waals surface area contributed by atoms with Crippen molar-refractivity contribution in [3.05, 3.63) is 36.0 Å². The summed E-state index contributed by atoms with van der Waals surface area (Å²) in [6.07, 6.45) is 3.20. The van der Waals surface area contributed by atoms with Crippen molar-refractivity contribution < 1.29 is 0 Å². The predicted molar refractivity (Wildman–Crippen MR) is 77.8 cm³/mol. The number of nitrogens with two attached hydrogens (primary N) is 1. The minimum absolute atomic E-state index is 0.207. The average Bonchev–Trinajstić information content (AvgIpc) is 2.65. The molecule has 3 heteroatoms. The minimum Gasteiger partial charge on any atom is -0.346 e. The molecule has 0 aliphatic rings. The lowest BCUT2D eigenvalue weighted by Gasteiger charge is -2.11. The first-order chi connectivity index (χ1) is 8.58. The van der Waals surface area contributed by atoms with E-state index >= 15 is 0 Å². The molecule has 1 unspecified atom stereocenters. The standard InChI is InChI=1S/C15H23N3/c1-12(16)10-13-11-18(9-8-17(2)3)15-7-5-4-6-14(13)15/h4-7,11-12H,8-10,16H2,1-3H3. The SMILES string of the molecule is CC(N)Cc1cn(CCN(C)C)c2ccccc12. The highest BCUT2D eigenvalue weighted by Crippen LogP contribution is 2.22. The highest BCUT2D eigenvalue weighted by molar-refractivity contribution is 5.84. The number of nitrogens with zero attached hydrogens (tertiary/aromatic N) is 2. The van der Waals surface area contributed by atoms with Crippen molar-refractivity contribution in [1.29, 1.82) is 0 Å². The van der Waals surface area contributed by atoms with Gasteiger partial charge in [-0.2, -0.15) is 0 Å². The van der Waals surface area contributed by atoms with Crippen molar-refractivity contribution in [2.24, 2.45) is 5.73 Å². The van der Waals surface area contributed by atoms with Gasteiger partial charge in [0, 0.05) is 36.2 Å². The zero-order valence-corrected chi connectivity index (χ0v) is 11.6. The van der Waals surface area contributed by atoms with Crippen molar-refractivity contribution >= 4 is 10.9 Å². The molecule has 2 rings (SSSR count). The number of rotatable bonds is 5. The summed E-state index contributed by atoms with van der Waals surface area (Å²) in [6, 6.07) is 8.79. The van der Waals surface area contributed by atoms with Gasteiger partial charge in [0.15, 0.2) is 0 Å². The topological polar surface area (TPSA) is 34.2 Å². The molecular weight excluding hydrogens is 222 g/mol. The molecule has 0 amide bonds. The zero-order chi connectivity index (χ0) is 13.1. The molecule has 18 heavy (non-hydrogen) atoms. The molecule has 0 saturated carbocycles. The Kier molecular flexibility index (Phi) is 4.04. The molecule has 0 aliphatic heterocycles. The highest BCUT2D eigenvalue weighted by Gasteiger charge is 2.09. The second kappa shape index (κ2) is 5.55. The molecule has 98 valence electrons. The summed E-state index contributed by atoms with van der Waals surface area (Å²) < 4.78 is 2.34. The third-order valence-electron chi connectivity index (χ3n) is 3.20. The second-order valence-electron chi connectivity index (χ2n) is 5.35. The molecule has 0 fully saturated rings. The molecule has 2 aromatic rings. The maximum atomic E-state index is 5.93. The van der Waals surface area contributed by atoms with E-state index in [0.29, 0.717) is 0 Å². The van der Waals surface area contributed by atoms with E-state index in [1.165, 1.54) is 16.5 Å². The smallest absolute Gasteiger partial charge is 0.0483 e. The van der Waals surface area contributed by atoms with Crippen LogP contribution in [0.25, 0.3) is 10.9 Å². The quantitative estimate of drug-likeness (QED) is 0.875. The highest BCUT2D eigenvalue weighted by atomic mass is 15.1. The Morgan fingerprint density at radius 2 is 2.00 bits per heavy atom. The van der Waals surface area contributed by atoms with Crippen LogP contribution in [0.3, 0.4) is 0 Å². The number of likely N-dealkylation sites (N-methyl/N-ethyl adjacent to an activating group) is 1. The first-order valence-electron chi connectivity index (χ1n) is 6.55. The van der Waals surface area contributed by atoms with Crippen molar-refractivity contribution in [2.75, 3.05) is 20.6 Å². The summed E-state index contributed by atoms with van der Waals surface area (Å²) in [7, 11) is 4.21. The lowest BCUT2D eigenvalue weighted by molar-refractivity contribution is 0.387. The summed E-state index contributed by atoms with van der Waals surface area (Å²) in [6.45, 7) is 4.13. The number of hydrogen-bond donors (Lipinski definition) is 1. The maximum Gasteiger partial charge on any atom is 0.0483 e. The van der Waals surface area contributed by atoms with Crippen LogP contribution in [-0.2, 0) is 13.0 Å². The normalized spacial score (nSPS) is 13.4. The van der Waals surface area contributed by atoms with Gasteiger partial charge in [0.2, 0.25) is 0 Å². The summed E-state index contributed by atoms with van der Waals surface area (Å²) in [4.78, 5) is 2.21. The molecule has 2 N–H and O–H groups in total. The van der Waals surface area contributed by atoms with E-state index in [9.17, 15) is 0 Å². The summed E-state index contributed by atoms with van der Waals surface area (Å²) in [5.74, 6) is 0. The van der Waals surface area contributed by atoms with Crippen molar-refractivity contribution in [2.45, 2.75) is 25.9 Å². The molecule has 1 atom stereocenters. The molecular formula is C15H23N3. The Labute approximate surface area is 109 Å². The molecule has 1 aromatic carbocycles. The molecule has 0 saturated heterocycles. The van der Waals surface area contributed by atoms with Crippen molar-refractivity contribution in [1.82, 2.24) is 9.47 Å². The third kappa shape index (κ3) is 2.92. The van der Waals surface area contributed by atoms with E-state index in [-0.39, 0.29) is 6.04 Å². The van der Waals surface area contributed by atoms with Gasteiger partial charge in [-0.1, -0.05) is 18.2 Å². The van der Waals surface area contributed by atoms with Gasteiger partial charge < -0.3 is 15.2 Å². The molecule has 0 bridgehead atoms. The maximum absolute atomic E-state index is 5.93. The van der Waals surface area contributed by atoms with Gasteiger partial charge in [0.1, 0.15) is 0 Å². The van der Waals surface area contributed by atoms with Crippen molar-refractivity contribution in [3.63, 3.8) is 0 Å². The molecule has 3 nitrogen and oxygen atoms in total. The van der Waals surface area contributed by atoms with Crippen LogP contribution in [0.15, 0.2) is 30.5 Å². The Hall–Kier alpha value is -1.32. The van der Waals surface area contributed by atoms with Gasteiger partial charge >= 0.3 is 0 Å². The minimum atomic E-state index is 0.207. The van der Waals surface area contributed by atoms with E-state index in [1.807, 2.05) is 0 Å². The fourth-order valence-electron chi connectivity index (χ4n) is 2.33. The number of aromatic nitrogens is 1. The first-order valence-corrected chi connectivity index (χ1v) is 6.55. The number of benzene rings is 1.